The molecule has 2 N–H and O–H groups in total. The van der Waals surface area contributed by atoms with Gasteiger partial charge in [0, 0.05) is 47.1 Å². The Labute approximate surface area is 234 Å². The van der Waals surface area contributed by atoms with Crippen molar-refractivity contribution >= 4 is 40.3 Å². The van der Waals surface area contributed by atoms with Crippen molar-refractivity contribution in [3.63, 3.8) is 0 Å². The number of anilines is 2. The van der Waals surface area contributed by atoms with Gasteiger partial charge in [0.25, 0.3) is 0 Å². The molecule has 196 valence electrons. The zero-order valence-corrected chi connectivity index (χ0v) is 23.6. The highest BCUT2D eigenvalue weighted by molar-refractivity contribution is 7.80. The Morgan fingerprint density at radius 3 is 2.42 bits per heavy atom. The Morgan fingerprint density at radius 1 is 1.03 bits per heavy atom. The quantitative estimate of drug-likeness (QED) is 0.247. The van der Waals surface area contributed by atoms with Gasteiger partial charge < -0.3 is 24.8 Å². The average molecular weight is 546 g/mol. The van der Waals surface area contributed by atoms with Crippen molar-refractivity contribution < 1.29 is 5.11 Å². The first-order valence-electron chi connectivity index (χ1n) is 12.9. The maximum Gasteiger partial charge on any atom is 0.174 e. The number of halogens is 1. The van der Waals surface area contributed by atoms with Crippen LogP contribution in [-0.2, 0) is 0 Å². The number of aryl methyl sites for hydroxylation is 1. The van der Waals surface area contributed by atoms with Crippen LogP contribution < -0.4 is 15.1 Å². The van der Waals surface area contributed by atoms with E-state index in [9.17, 15) is 5.11 Å². The summed E-state index contributed by atoms with van der Waals surface area (Å²) in [7, 11) is 0. The second-order valence-electron chi connectivity index (χ2n) is 9.48. The van der Waals surface area contributed by atoms with E-state index >= 15 is 0 Å². The van der Waals surface area contributed by atoms with E-state index < -0.39 is 0 Å². The van der Waals surface area contributed by atoms with E-state index in [1.807, 2.05) is 23.1 Å². The van der Waals surface area contributed by atoms with Crippen molar-refractivity contribution in [1.29, 1.82) is 0 Å². The van der Waals surface area contributed by atoms with Crippen LogP contribution >= 0.6 is 23.8 Å². The molecule has 3 heterocycles. The van der Waals surface area contributed by atoms with E-state index in [2.05, 4.69) is 77.8 Å². The number of nitrogens with zero attached hydrogens (tertiary/aromatic N) is 4. The number of thiocarbonyl (C=S) groups is 1. The highest BCUT2D eigenvalue weighted by Crippen LogP contribution is 2.46. The van der Waals surface area contributed by atoms with Crippen molar-refractivity contribution in [1.82, 2.24) is 14.9 Å². The van der Waals surface area contributed by atoms with Gasteiger partial charge in [-0.2, -0.15) is 0 Å². The standard InChI is InChI=1S/C30H32ClN5OS/c1-5-34(6-2)22-11-13-23(14-12-22)35-19(3)17-24(20(35)4)29-28(25-9-7-8-16-32-25)33-30(38)36(29)26-18-21(31)10-15-27(26)37/h7-18,28-29,37H,5-6H2,1-4H3,(H,33,38). The van der Waals surface area contributed by atoms with Gasteiger partial charge in [-0.3, -0.25) is 4.98 Å². The number of benzene rings is 2. The van der Waals surface area contributed by atoms with Gasteiger partial charge in [-0.25, -0.2) is 0 Å². The number of hydrogen-bond acceptors (Lipinski definition) is 4. The number of aromatic nitrogens is 2. The van der Waals surface area contributed by atoms with Crippen LogP contribution in [0.3, 0.4) is 0 Å². The lowest BCUT2D eigenvalue weighted by Crippen LogP contribution is -2.29. The third-order valence-corrected chi connectivity index (χ3v) is 7.87. The van der Waals surface area contributed by atoms with Crippen LogP contribution in [0.5, 0.6) is 5.75 Å². The maximum atomic E-state index is 10.8. The molecule has 0 bridgehead atoms. The molecule has 38 heavy (non-hydrogen) atoms. The molecular formula is C30H32ClN5OS. The summed E-state index contributed by atoms with van der Waals surface area (Å²) in [5, 5.41) is 15.3. The van der Waals surface area contributed by atoms with Crippen LogP contribution in [0.15, 0.2) is 72.9 Å². The molecule has 2 aromatic heterocycles. The molecule has 1 fully saturated rings. The van der Waals surface area contributed by atoms with E-state index in [-0.39, 0.29) is 17.8 Å². The molecule has 0 radical (unpaired) electrons. The number of phenols is 1. The molecule has 0 saturated carbocycles. The van der Waals surface area contributed by atoms with Gasteiger partial charge in [0.1, 0.15) is 5.75 Å². The fraction of sp³-hybridized carbons (Fsp3) is 0.267. The van der Waals surface area contributed by atoms with Crippen LogP contribution in [-0.4, -0.2) is 32.9 Å². The molecule has 0 spiro atoms. The lowest BCUT2D eigenvalue weighted by atomic mass is 9.96. The number of rotatable bonds is 7. The van der Waals surface area contributed by atoms with Gasteiger partial charge in [0.05, 0.1) is 23.5 Å². The molecule has 1 aliphatic rings. The number of pyridine rings is 1. The average Bonchev–Trinajstić information content (AvgIpc) is 3.42. The summed E-state index contributed by atoms with van der Waals surface area (Å²) in [6.45, 7) is 10.5. The summed E-state index contributed by atoms with van der Waals surface area (Å²) in [6, 6.07) is 21.3. The molecule has 1 aliphatic heterocycles. The van der Waals surface area contributed by atoms with Crippen molar-refractivity contribution in [2.24, 2.45) is 0 Å². The Morgan fingerprint density at radius 2 is 1.76 bits per heavy atom. The minimum Gasteiger partial charge on any atom is -0.506 e. The van der Waals surface area contributed by atoms with E-state index in [0.29, 0.717) is 15.8 Å². The SMILES string of the molecule is CCN(CC)c1ccc(-n2c(C)cc(C3C(c4ccccn4)NC(=S)N3c3cc(Cl)ccc3O)c2C)cc1. The number of phenolic OH excluding ortho intramolecular Hbond substituents is 1. The van der Waals surface area contributed by atoms with Crippen LogP contribution in [0.4, 0.5) is 11.4 Å². The van der Waals surface area contributed by atoms with E-state index in [1.165, 1.54) is 5.69 Å². The Hall–Kier alpha value is -3.55. The highest BCUT2D eigenvalue weighted by atomic mass is 35.5. The van der Waals surface area contributed by atoms with Crippen LogP contribution in [0, 0.1) is 13.8 Å². The van der Waals surface area contributed by atoms with Gasteiger partial charge in [-0.1, -0.05) is 17.7 Å². The normalized spacial score (nSPS) is 17.1. The van der Waals surface area contributed by atoms with Crippen molar-refractivity contribution in [2.75, 3.05) is 22.9 Å². The molecule has 2 atom stereocenters. The van der Waals surface area contributed by atoms with E-state index in [1.54, 1.807) is 24.4 Å². The number of hydrogen-bond donors (Lipinski definition) is 2. The predicted molar refractivity (Wildman–Crippen MR) is 160 cm³/mol. The van der Waals surface area contributed by atoms with Gasteiger partial charge >= 0.3 is 0 Å². The third-order valence-electron chi connectivity index (χ3n) is 7.32. The van der Waals surface area contributed by atoms with Gasteiger partial charge in [-0.05, 0) is 106 Å². The zero-order valence-electron chi connectivity index (χ0n) is 22.0. The van der Waals surface area contributed by atoms with Gasteiger partial charge in [0.2, 0.25) is 0 Å². The van der Waals surface area contributed by atoms with Crippen LogP contribution in [0.25, 0.3) is 5.69 Å². The van der Waals surface area contributed by atoms with E-state index in [0.717, 1.165) is 41.4 Å². The summed E-state index contributed by atoms with van der Waals surface area (Å²) in [5.41, 5.74) is 7.05. The van der Waals surface area contributed by atoms with Crippen molar-refractivity contribution in [2.45, 2.75) is 39.8 Å². The van der Waals surface area contributed by atoms with Crippen LogP contribution in [0.1, 0.15) is 48.6 Å². The molecule has 8 heteroatoms. The largest absolute Gasteiger partial charge is 0.506 e. The smallest absolute Gasteiger partial charge is 0.174 e. The summed E-state index contributed by atoms with van der Waals surface area (Å²) in [5.74, 6) is 0.117. The molecule has 4 aromatic rings. The summed E-state index contributed by atoms with van der Waals surface area (Å²) < 4.78 is 2.27. The monoisotopic (exact) mass is 545 g/mol. The molecule has 1 saturated heterocycles. The molecular weight excluding hydrogens is 514 g/mol. The summed E-state index contributed by atoms with van der Waals surface area (Å²) in [6.07, 6.45) is 1.79. The Kier molecular flexibility index (Phi) is 7.32. The molecule has 0 amide bonds. The van der Waals surface area contributed by atoms with Gasteiger partial charge in [0.15, 0.2) is 5.11 Å². The number of nitrogens with one attached hydrogen (secondary N) is 1. The first-order valence-corrected chi connectivity index (χ1v) is 13.7. The predicted octanol–water partition coefficient (Wildman–Crippen LogP) is 6.87. The zero-order chi connectivity index (χ0) is 27.0. The molecule has 2 unspecified atom stereocenters. The second kappa shape index (κ2) is 10.7. The lowest BCUT2D eigenvalue weighted by molar-refractivity contribution is 0.472. The maximum absolute atomic E-state index is 10.8. The van der Waals surface area contributed by atoms with E-state index in [4.69, 9.17) is 23.8 Å². The fourth-order valence-electron chi connectivity index (χ4n) is 5.51. The first kappa shape index (κ1) is 26.1. The topological polar surface area (TPSA) is 56.6 Å². The lowest BCUT2D eigenvalue weighted by Gasteiger charge is -2.29. The fourth-order valence-corrected chi connectivity index (χ4v) is 6.01. The van der Waals surface area contributed by atoms with Crippen molar-refractivity contribution in [3.05, 3.63) is 101 Å². The molecule has 5 rings (SSSR count). The first-order chi connectivity index (χ1) is 18.3. The molecule has 0 aliphatic carbocycles. The van der Waals surface area contributed by atoms with Crippen LogP contribution in [0.2, 0.25) is 5.02 Å². The minimum absolute atomic E-state index is 0.117. The molecule has 2 aromatic carbocycles. The van der Waals surface area contributed by atoms with Gasteiger partial charge in [-0.15, -0.1) is 0 Å². The summed E-state index contributed by atoms with van der Waals surface area (Å²) >= 11 is 12.2. The molecule has 6 nitrogen and oxygen atoms in total. The third kappa shape index (κ3) is 4.61. The highest BCUT2D eigenvalue weighted by Gasteiger charge is 2.43. The second-order valence-corrected chi connectivity index (χ2v) is 10.3. The number of aromatic hydroxyl groups is 1. The van der Waals surface area contributed by atoms with Crippen molar-refractivity contribution in [3.8, 4) is 11.4 Å². The minimum atomic E-state index is -0.253. The Balaban J connectivity index is 1.64. The Bertz CT molecular complexity index is 1450. The summed E-state index contributed by atoms with van der Waals surface area (Å²) in [4.78, 5) is 8.95.